The lowest BCUT2D eigenvalue weighted by atomic mass is 9.69. The smallest absolute Gasteiger partial charge is 0.234 e. The maximum atomic E-state index is 13.7. The minimum atomic E-state index is -0.684. The van der Waals surface area contributed by atoms with E-state index in [1.165, 1.54) is 28.7 Å². The Morgan fingerprint density at radius 2 is 1.93 bits per heavy atom. The Bertz CT molecular complexity index is 1670. The fourth-order valence-corrected chi connectivity index (χ4v) is 7.24. The largest absolute Gasteiger partial charge is 0.384 e. The molecule has 8 nitrogen and oxygen atoms in total. The number of carbonyl (C=O) groups excluding carboxylic acids is 2. The molecule has 0 fully saturated rings. The number of nitrogens with two attached hydrogens (primary N) is 1. The number of Topliss-reactive ketones (excluding diaryl/α,β-unsaturated/α-hetero) is 1. The van der Waals surface area contributed by atoms with Crippen molar-refractivity contribution in [2.75, 3.05) is 16.0 Å². The predicted octanol–water partition coefficient (Wildman–Crippen LogP) is 7.08. The van der Waals surface area contributed by atoms with Crippen LogP contribution in [0, 0.1) is 16.7 Å². The van der Waals surface area contributed by atoms with E-state index in [4.69, 9.17) is 28.9 Å². The lowest BCUT2D eigenvalue weighted by Gasteiger charge is -2.42. The van der Waals surface area contributed by atoms with Gasteiger partial charge in [0.25, 0.3) is 0 Å². The number of nitrogens with one attached hydrogen (secondary N) is 1. The number of thioether (sulfide) groups is 1. The number of hydrogen-bond acceptors (Lipinski definition) is 9. The SMILES string of the molecule is CCc1ccc(NC(=O)CSc2nnc(N3C(N)=C(C#N)C(c4ccc(Cl)c(Cl)c4)C4=C3CC(C)(C)CC4=O)s2)cc1. The quantitative estimate of drug-likeness (QED) is 0.263. The number of aryl methyl sites for hydroxylation is 1. The number of anilines is 2. The van der Waals surface area contributed by atoms with Crippen LogP contribution in [0.1, 0.15) is 50.7 Å². The van der Waals surface area contributed by atoms with Crippen LogP contribution in [0.25, 0.3) is 0 Å². The van der Waals surface area contributed by atoms with Gasteiger partial charge in [0.15, 0.2) is 10.1 Å². The number of nitriles is 1. The molecule has 1 amide bonds. The van der Waals surface area contributed by atoms with E-state index >= 15 is 0 Å². The van der Waals surface area contributed by atoms with Crippen molar-refractivity contribution in [3.63, 3.8) is 0 Å². The molecule has 1 aliphatic heterocycles. The van der Waals surface area contributed by atoms with Crippen molar-refractivity contribution in [1.29, 1.82) is 5.26 Å². The molecule has 0 saturated heterocycles. The van der Waals surface area contributed by atoms with E-state index in [0.717, 1.165) is 12.1 Å². The van der Waals surface area contributed by atoms with E-state index < -0.39 is 5.92 Å². The Morgan fingerprint density at radius 3 is 2.60 bits per heavy atom. The number of aromatic nitrogens is 2. The average molecular weight is 640 g/mol. The van der Waals surface area contributed by atoms with Gasteiger partial charge >= 0.3 is 0 Å². The Morgan fingerprint density at radius 1 is 1.19 bits per heavy atom. The second kappa shape index (κ2) is 12.1. The molecule has 216 valence electrons. The average Bonchev–Trinajstić information content (AvgIpc) is 3.41. The van der Waals surface area contributed by atoms with Crippen molar-refractivity contribution in [3.8, 4) is 6.07 Å². The van der Waals surface area contributed by atoms with Crippen LogP contribution in [0.5, 0.6) is 0 Å². The first-order valence-corrected chi connectivity index (χ1v) is 15.8. The summed E-state index contributed by atoms with van der Waals surface area (Å²) in [6.45, 7) is 6.13. The van der Waals surface area contributed by atoms with E-state index in [1.54, 1.807) is 23.1 Å². The van der Waals surface area contributed by atoms with Crippen LogP contribution >= 0.6 is 46.3 Å². The van der Waals surface area contributed by atoms with Gasteiger partial charge in [-0.1, -0.05) is 85.3 Å². The van der Waals surface area contributed by atoms with Gasteiger partial charge in [-0.05, 0) is 53.6 Å². The summed E-state index contributed by atoms with van der Waals surface area (Å²) >= 11 is 15.0. The zero-order chi connectivity index (χ0) is 30.2. The highest BCUT2D eigenvalue weighted by Gasteiger charge is 2.45. The summed E-state index contributed by atoms with van der Waals surface area (Å²) in [4.78, 5) is 28.0. The number of nitrogens with zero attached hydrogens (tertiary/aromatic N) is 4. The topological polar surface area (TPSA) is 125 Å². The van der Waals surface area contributed by atoms with Crippen molar-refractivity contribution < 1.29 is 9.59 Å². The summed E-state index contributed by atoms with van der Waals surface area (Å²) < 4.78 is 0.558. The lowest BCUT2D eigenvalue weighted by molar-refractivity contribution is -0.118. The highest BCUT2D eigenvalue weighted by atomic mass is 35.5. The molecule has 2 aliphatic rings. The minimum Gasteiger partial charge on any atom is -0.384 e. The Kier molecular flexibility index (Phi) is 8.67. The first kappa shape index (κ1) is 30.1. The van der Waals surface area contributed by atoms with Crippen molar-refractivity contribution >= 4 is 68.8 Å². The summed E-state index contributed by atoms with van der Waals surface area (Å²) in [5.41, 5.74) is 10.3. The van der Waals surface area contributed by atoms with E-state index in [1.807, 2.05) is 38.1 Å². The first-order valence-electron chi connectivity index (χ1n) is 13.3. The fourth-order valence-electron chi connectivity index (χ4n) is 5.25. The third-order valence-electron chi connectivity index (χ3n) is 7.22. The molecule has 12 heteroatoms. The molecular formula is C30H28Cl2N6O2S2. The van der Waals surface area contributed by atoms with Crippen LogP contribution < -0.4 is 16.0 Å². The highest BCUT2D eigenvalue weighted by Crippen LogP contribution is 2.51. The zero-order valence-electron chi connectivity index (χ0n) is 23.2. The molecule has 0 bridgehead atoms. The highest BCUT2D eigenvalue weighted by molar-refractivity contribution is 8.01. The molecule has 0 spiro atoms. The third-order valence-corrected chi connectivity index (χ3v) is 10.00. The summed E-state index contributed by atoms with van der Waals surface area (Å²) in [6, 6.07) is 15.1. The fraction of sp³-hybridized carbons (Fsp3) is 0.300. The minimum absolute atomic E-state index is 0.0645. The molecular weight excluding hydrogens is 611 g/mol. The van der Waals surface area contributed by atoms with E-state index in [0.29, 0.717) is 49.2 Å². The van der Waals surface area contributed by atoms with Crippen LogP contribution in [0.3, 0.4) is 0 Å². The van der Waals surface area contributed by atoms with E-state index in [-0.39, 0.29) is 34.3 Å². The van der Waals surface area contributed by atoms with Crippen molar-refractivity contribution in [1.82, 2.24) is 10.2 Å². The van der Waals surface area contributed by atoms with E-state index in [9.17, 15) is 14.9 Å². The second-order valence-electron chi connectivity index (χ2n) is 10.9. The number of rotatable bonds is 7. The number of halogens is 2. The molecule has 1 aliphatic carbocycles. The van der Waals surface area contributed by atoms with Crippen LogP contribution in [0.2, 0.25) is 10.0 Å². The normalized spacial score (nSPS) is 18.1. The van der Waals surface area contributed by atoms with Gasteiger partial charge in [-0.15, -0.1) is 10.2 Å². The maximum Gasteiger partial charge on any atom is 0.234 e. The molecule has 3 aromatic rings. The van der Waals surface area contributed by atoms with Gasteiger partial charge in [-0.25, -0.2) is 0 Å². The number of carbonyl (C=O) groups is 2. The van der Waals surface area contributed by atoms with Crippen molar-refractivity contribution in [3.05, 3.63) is 86.3 Å². The van der Waals surface area contributed by atoms with E-state index in [2.05, 4.69) is 28.5 Å². The predicted molar refractivity (Wildman–Crippen MR) is 169 cm³/mol. The van der Waals surface area contributed by atoms with Gasteiger partial charge < -0.3 is 11.1 Å². The lowest BCUT2D eigenvalue weighted by Crippen LogP contribution is -2.42. The van der Waals surface area contributed by atoms with Gasteiger partial charge in [0.05, 0.1) is 33.4 Å². The maximum absolute atomic E-state index is 13.7. The molecule has 1 unspecified atom stereocenters. The van der Waals surface area contributed by atoms with Gasteiger partial charge in [0.1, 0.15) is 5.82 Å². The number of benzene rings is 2. The molecule has 3 N–H and O–H groups in total. The summed E-state index contributed by atoms with van der Waals surface area (Å²) in [5.74, 6) is -0.600. The standard InChI is InChI=1S/C30H28Cl2N6O2S2/c1-4-16-5-8-18(9-6-16)35-24(40)15-41-29-37-36-28(42-29)38-22-12-30(2,3)13-23(39)26(22)25(19(14-33)27(38)34)17-7-10-20(31)21(32)11-17/h5-11,25H,4,12-13,15,34H2,1-3H3,(H,35,40). The zero-order valence-corrected chi connectivity index (χ0v) is 26.3. The number of hydrogen-bond donors (Lipinski definition) is 2. The first-order chi connectivity index (χ1) is 20.0. The monoisotopic (exact) mass is 638 g/mol. The third kappa shape index (κ3) is 6.06. The van der Waals surface area contributed by atoms with Gasteiger partial charge in [0.2, 0.25) is 11.0 Å². The summed E-state index contributed by atoms with van der Waals surface area (Å²) in [7, 11) is 0. The van der Waals surface area contributed by atoms with Gasteiger partial charge in [-0.3, -0.25) is 14.5 Å². The number of ketones is 1. The molecule has 0 saturated carbocycles. The molecule has 1 atom stereocenters. The molecule has 2 aromatic carbocycles. The Labute approximate surface area is 262 Å². The number of allylic oxidation sites excluding steroid dienone is 3. The summed E-state index contributed by atoms with van der Waals surface area (Å²) in [6.07, 6.45) is 1.78. The molecule has 42 heavy (non-hydrogen) atoms. The Balaban J connectivity index is 1.45. The van der Waals surface area contributed by atoms with Crippen LogP contribution in [-0.2, 0) is 16.0 Å². The second-order valence-corrected chi connectivity index (χ2v) is 13.9. The van der Waals surface area contributed by atoms with Crippen LogP contribution in [-0.4, -0.2) is 27.6 Å². The van der Waals surface area contributed by atoms with Crippen LogP contribution in [0.15, 0.2) is 69.5 Å². The molecule has 5 rings (SSSR count). The molecule has 1 aromatic heterocycles. The molecule has 2 heterocycles. The molecule has 0 radical (unpaired) electrons. The van der Waals surface area contributed by atoms with Gasteiger partial charge in [-0.2, -0.15) is 5.26 Å². The summed E-state index contributed by atoms with van der Waals surface area (Å²) in [5, 5.41) is 22.9. The Hall–Kier alpha value is -3.36. The van der Waals surface area contributed by atoms with Crippen LogP contribution in [0.4, 0.5) is 10.8 Å². The number of amides is 1. The van der Waals surface area contributed by atoms with Crippen molar-refractivity contribution in [2.45, 2.75) is 50.3 Å². The van der Waals surface area contributed by atoms with Crippen molar-refractivity contribution in [2.24, 2.45) is 11.1 Å². The van der Waals surface area contributed by atoms with Gasteiger partial charge in [0, 0.05) is 23.4 Å².